The molecule has 0 spiro atoms. The Labute approximate surface area is 451 Å². The fraction of sp³-hybridized carbons (Fsp3) is 0. The van der Waals surface area contributed by atoms with E-state index in [0.717, 1.165) is 160 Å². The molecule has 0 saturated carbocycles. The molecule has 20 heteroatoms. The Bertz CT molecular complexity index is 2810. The van der Waals surface area contributed by atoms with Crippen molar-refractivity contribution in [3.8, 4) is 45.0 Å². The van der Waals surface area contributed by atoms with E-state index in [4.69, 9.17) is 9.97 Å². The van der Waals surface area contributed by atoms with Crippen LogP contribution >= 0.6 is 255 Å². The van der Waals surface area contributed by atoms with Crippen LogP contribution in [0.4, 0.5) is 0 Å². The molecule has 5 heterocycles. The molecule has 4 aromatic carbocycles. The van der Waals surface area contributed by atoms with Crippen molar-refractivity contribution in [2.45, 2.75) is 0 Å². The predicted octanol–water partition coefficient (Wildman–Crippen LogP) is 21.5. The number of nitrogens with zero attached hydrogens (tertiary/aromatic N) is 2. The molecule has 0 radical (unpaired) electrons. The van der Waals surface area contributed by atoms with Gasteiger partial charge in [0.1, 0.15) is 0 Å². The number of H-pyrrole nitrogens is 2. The third kappa shape index (κ3) is 6.51. The predicted molar refractivity (Wildman–Crippen MR) is 288 cm³/mol. The summed E-state index contributed by atoms with van der Waals surface area (Å²) >= 11 is 62.0. The maximum absolute atomic E-state index is 5.38. The maximum atomic E-state index is 5.38. The molecule has 56 heavy (non-hydrogen) atoms. The molecule has 0 fully saturated rings. The first-order valence-electron chi connectivity index (χ1n) is 15.2. The Kier molecular flexibility index (Phi) is 12.4. The highest BCUT2D eigenvalue weighted by Crippen LogP contribution is 2.56. The average molecular weight is 1770 g/mol. The molecule has 8 bridgehead atoms. The molecule has 282 valence electrons. The third-order valence-corrected chi connectivity index (χ3v) is 28.4. The monoisotopic (exact) mass is 1760 g/mol. The Hall–Kier alpha value is 2.20. The number of benzene rings is 4. The first-order chi connectivity index (χ1) is 26.4. The zero-order valence-corrected chi connectivity index (χ0v) is 51.6. The second kappa shape index (κ2) is 16.0. The van der Waals surface area contributed by atoms with Crippen molar-refractivity contribution in [3.63, 3.8) is 0 Å². The fourth-order valence-corrected chi connectivity index (χ4v) is 17.1. The summed E-state index contributed by atoms with van der Waals surface area (Å²) in [5, 5.41) is 3.80. The van der Waals surface area contributed by atoms with Crippen molar-refractivity contribution in [2.75, 3.05) is 0 Å². The summed E-state index contributed by atoms with van der Waals surface area (Å²) in [4.78, 5) is 18.3. The summed E-state index contributed by atoms with van der Waals surface area (Å²) in [6.45, 7) is 0. The quantitative estimate of drug-likeness (QED) is 0.117. The lowest BCUT2D eigenvalue weighted by Crippen LogP contribution is -1.86. The second-order valence-electron chi connectivity index (χ2n) is 12.3. The Morgan fingerprint density at radius 1 is 0.250 bits per heavy atom. The van der Waals surface area contributed by atoms with Gasteiger partial charge in [-0.2, -0.15) is 0 Å². The van der Waals surface area contributed by atoms with Gasteiger partial charge in [0, 0.05) is 137 Å². The molecule has 0 atom stereocenters. The smallest absolute Gasteiger partial charge is 0.0749 e. The number of rotatable bonds is 0. The summed E-state index contributed by atoms with van der Waals surface area (Å²) < 4.78 is 13.8. The fourth-order valence-electron chi connectivity index (χ4n) is 6.92. The molecule has 0 amide bonds. The van der Waals surface area contributed by atoms with Gasteiger partial charge in [-0.15, -0.1) is 0 Å². The summed E-state index contributed by atoms with van der Waals surface area (Å²) in [6.07, 6.45) is 0. The van der Waals surface area contributed by atoms with Crippen molar-refractivity contribution in [1.29, 1.82) is 0 Å². The molecule has 0 aliphatic carbocycles. The van der Waals surface area contributed by atoms with Crippen molar-refractivity contribution < 1.29 is 0 Å². The number of halogens is 16. The molecule has 0 saturated heterocycles. The average Bonchev–Trinajstić information content (AvgIpc) is 3.92. The first-order valence-corrected chi connectivity index (χ1v) is 27.9. The van der Waals surface area contributed by atoms with Crippen LogP contribution in [0.2, 0.25) is 0 Å². The molecule has 2 aliphatic heterocycles. The maximum Gasteiger partial charge on any atom is 0.0749 e. The van der Waals surface area contributed by atoms with E-state index in [1.54, 1.807) is 0 Å². The Morgan fingerprint density at radius 3 is 0.625 bits per heavy atom. The number of fused-ring (bicyclic) bond motifs is 20. The van der Waals surface area contributed by atoms with Crippen molar-refractivity contribution in [3.05, 3.63) is 95.8 Å². The zero-order chi connectivity index (χ0) is 40.1. The Balaban J connectivity index is 1.61. The molecule has 0 unspecified atom stereocenters. The van der Waals surface area contributed by atoms with E-state index in [1.165, 1.54) is 0 Å². The molecular formula is C36H6Br16N4. The van der Waals surface area contributed by atoms with E-state index in [9.17, 15) is 0 Å². The van der Waals surface area contributed by atoms with Crippen molar-refractivity contribution >= 4 is 298 Å². The molecule has 7 aromatic rings. The highest BCUT2D eigenvalue weighted by Gasteiger charge is 2.31. The number of hydrogen-bond acceptors (Lipinski definition) is 2. The summed E-state index contributed by atoms with van der Waals surface area (Å²) in [5.41, 5.74) is 10.1. The lowest BCUT2D eigenvalue weighted by molar-refractivity contribution is 1.40. The van der Waals surface area contributed by atoms with Gasteiger partial charge in [-0.1, -0.05) is 0 Å². The number of hydrogen-bond donors (Lipinski definition) is 2. The van der Waals surface area contributed by atoms with E-state index in [-0.39, 0.29) is 0 Å². The van der Waals surface area contributed by atoms with Crippen LogP contribution < -0.4 is 0 Å². The molecule has 3 aromatic heterocycles. The minimum absolute atomic E-state index is 0.752. The number of nitrogens with one attached hydrogen (secondary N) is 2. The number of aromatic amines is 2. The highest BCUT2D eigenvalue weighted by molar-refractivity contribution is 9.17. The molecule has 9 rings (SSSR count). The van der Waals surface area contributed by atoms with Crippen LogP contribution in [0.25, 0.3) is 88.6 Å². The Morgan fingerprint density at radius 2 is 0.429 bits per heavy atom. The van der Waals surface area contributed by atoms with Gasteiger partial charge in [-0.05, 0) is 279 Å². The summed E-state index contributed by atoms with van der Waals surface area (Å²) in [5.74, 6) is 0. The van der Waals surface area contributed by atoms with E-state index in [2.05, 4.69) is 289 Å². The van der Waals surface area contributed by atoms with E-state index in [0.29, 0.717) is 0 Å². The molecular weight excluding hydrogens is 1770 g/mol. The lowest BCUT2D eigenvalue weighted by atomic mass is 10.0. The van der Waals surface area contributed by atoms with E-state index in [1.807, 2.05) is 0 Å². The van der Waals surface area contributed by atoms with E-state index >= 15 is 0 Å². The van der Waals surface area contributed by atoms with Gasteiger partial charge in [-0.3, -0.25) is 0 Å². The van der Waals surface area contributed by atoms with Gasteiger partial charge in [0.05, 0.1) is 22.8 Å². The topological polar surface area (TPSA) is 57.4 Å². The van der Waals surface area contributed by atoms with Gasteiger partial charge in [0.2, 0.25) is 0 Å². The van der Waals surface area contributed by atoms with Crippen LogP contribution in [0, 0.1) is 0 Å². The molecule has 2 N–H and O–H groups in total. The molecule has 2 aliphatic rings. The third-order valence-electron chi connectivity index (χ3n) is 9.32. The first kappa shape index (κ1) is 43.5. The van der Waals surface area contributed by atoms with Crippen LogP contribution in [-0.2, 0) is 0 Å². The summed E-state index contributed by atoms with van der Waals surface area (Å²) in [7, 11) is 0. The SMILES string of the molecule is Brc1c(Br)c(Br)c2c(c1Br)-c1cc3[nH]c(cc4nc(cc5[nH]c(cc-2n1)c1c(Br)c(Br)c(Br)c(Br)c51)-c1c(Br)c(Br)c(Br)c(Br)c1-4)c1c(Br)c(Br)c(Br)c(Br)c31. The molecule has 4 nitrogen and oxygen atoms in total. The van der Waals surface area contributed by atoms with Gasteiger partial charge in [0.25, 0.3) is 0 Å². The van der Waals surface area contributed by atoms with Crippen LogP contribution in [0.1, 0.15) is 0 Å². The largest absolute Gasteiger partial charge is 0.354 e. The van der Waals surface area contributed by atoms with Crippen molar-refractivity contribution in [1.82, 2.24) is 19.9 Å². The van der Waals surface area contributed by atoms with Crippen LogP contribution in [-0.4, -0.2) is 19.9 Å². The van der Waals surface area contributed by atoms with Gasteiger partial charge >= 0.3 is 0 Å². The van der Waals surface area contributed by atoms with E-state index < -0.39 is 0 Å². The van der Waals surface area contributed by atoms with Crippen LogP contribution in [0.3, 0.4) is 0 Å². The normalized spacial score (nSPS) is 12.3. The standard InChI is InChI=1S/C36H6Br16N4/c37-21-13-5-1-6-14-16(24(40)32(48)30(46)22(14)38)8(54-6)3-10-18-20(28(44)36(52)34(50)26(18)42)12(56-10)4-11-19-17(25(41)33(49)35(51)27(19)43)9(55-11)2-7(53-5)15(13)23(39)31(47)29(21)45/h1-4,53,56H. The lowest BCUT2D eigenvalue weighted by Gasteiger charge is -2.11. The minimum atomic E-state index is 0.752. The summed E-state index contributed by atoms with van der Waals surface area (Å²) in [6, 6.07) is 8.37. The number of aromatic nitrogens is 4. The van der Waals surface area contributed by atoms with Gasteiger partial charge in [-0.25, -0.2) is 9.97 Å². The zero-order valence-electron chi connectivity index (χ0n) is 26.3. The van der Waals surface area contributed by atoms with Crippen molar-refractivity contribution in [2.24, 2.45) is 0 Å². The van der Waals surface area contributed by atoms with Gasteiger partial charge in [0.15, 0.2) is 0 Å². The second-order valence-corrected chi connectivity index (χ2v) is 25.0. The highest BCUT2D eigenvalue weighted by atomic mass is 79.9. The van der Waals surface area contributed by atoms with Crippen LogP contribution in [0.15, 0.2) is 95.8 Å². The van der Waals surface area contributed by atoms with Crippen LogP contribution in [0.5, 0.6) is 0 Å². The van der Waals surface area contributed by atoms with Gasteiger partial charge < -0.3 is 9.97 Å². The minimum Gasteiger partial charge on any atom is -0.354 e.